The summed E-state index contributed by atoms with van der Waals surface area (Å²) < 4.78 is 15.7. The van der Waals surface area contributed by atoms with Crippen molar-refractivity contribution >= 4 is 29.5 Å². The van der Waals surface area contributed by atoms with Gasteiger partial charge in [-0.25, -0.2) is 9.79 Å². The second-order valence-corrected chi connectivity index (χ2v) is 5.33. The lowest BCUT2D eigenvalue weighted by Gasteiger charge is -2.08. The van der Waals surface area contributed by atoms with Crippen LogP contribution in [0.5, 0.6) is 11.5 Å². The van der Waals surface area contributed by atoms with Gasteiger partial charge in [0.25, 0.3) is 0 Å². The van der Waals surface area contributed by atoms with Crippen molar-refractivity contribution in [1.29, 1.82) is 0 Å². The van der Waals surface area contributed by atoms with Crippen molar-refractivity contribution < 1.29 is 19.0 Å². The first-order chi connectivity index (χ1) is 11.6. The molecule has 1 aliphatic heterocycles. The molecular weight excluding hydrogens is 330 g/mol. The molecule has 0 atom stereocenters. The van der Waals surface area contributed by atoms with Gasteiger partial charge < -0.3 is 14.2 Å². The van der Waals surface area contributed by atoms with Crippen LogP contribution in [0.2, 0.25) is 5.02 Å². The van der Waals surface area contributed by atoms with E-state index in [4.69, 9.17) is 25.8 Å². The summed E-state index contributed by atoms with van der Waals surface area (Å²) in [6.45, 7) is 0. The van der Waals surface area contributed by atoms with Gasteiger partial charge in [0.15, 0.2) is 17.2 Å². The van der Waals surface area contributed by atoms with E-state index in [-0.39, 0.29) is 11.6 Å². The highest BCUT2D eigenvalue weighted by Crippen LogP contribution is 2.30. The Bertz CT molecular complexity index is 858. The SMILES string of the molecule is COc1ccc(C2=NC(=Cc3ccccc3Cl)C(=O)O2)cc1OC. The molecule has 2 aromatic rings. The van der Waals surface area contributed by atoms with Crippen molar-refractivity contribution in [3.63, 3.8) is 0 Å². The third-order valence-electron chi connectivity index (χ3n) is 3.45. The Balaban J connectivity index is 1.96. The van der Waals surface area contributed by atoms with E-state index in [2.05, 4.69) is 4.99 Å². The Morgan fingerprint density at radius 1 is 1.08 bits per heavy atom. The first kappa shape index (κ1) is 16.1. The molecule has 0 saturated carbocycles. The minimum atomic E-state index is -0.528. The number of carbonyl (C=O) groups is 1. The van der Waals surface area contributed by atoms with E-state index in [9.17, 15) is 4.79 Å². The zero-order chi connectivity index (χ0) is 17.1. The highest BCUT2D eigenvalue weighted by atomic mass is 35.5. The van der Waals surface area contributed by atoms with Crippen LogP contribution in [0.3, 0.4) is 0 Å². The number of esters is 1. The van der Waals surface area contributed by atoms with Crippen molar-refractivity contribution in [2.45, 2.75) is 0 Å². The number of benzene rings is 2. The predicted octanol–water partition coefficient (Wildman–Crippen LogP) is 3.70. The lowest BCUT2D eigenvalue weighted by atomic mass is 10.2. The molecule has 0 fully saturated rings. The van der Waals surface area contributed by atoms with Crippen molar-refractivity contribution in [2.24, 2.45) is 4.99 Å². The number of hydrogen-bond acceptors (Lipinski definition) is 5. The minimum absolute atomic E-state index is 0.188. The van der Waals surface area contributed by atoms with Crippen molar-refractivity contribution in [3.8, 4) is 11.5 Å². The topological polar surface area (TPSA) is 57.1 Å². The van der Waals surface area contributed by atoms with Crippen molar-refractivity contribution in [2.75, 3.05) is 14.2 Å². The van der Waals surface area contributed by atoms with Gasteiger partial charge in [-0.3, -0.25) is 0 Å². The number of carbonyl (C=O) groups excluding carboxylic acids is 1. The van der Waals surface area contributed by atoms with Gasteiger partial charge in [0, 0.05) is 10.6 Å². The van der Waals surface area contributed by atoms with Crippen molar-refractivity contribution in [1.82, 2.24) is 0 Å². The Hall–Kier alpha value is -2.79. The molecule has 24 heavy (non-hydrogen) atoms. The van der Waals surface area contributed by atoms with Crippen LogP contribution in [0.15, 0.2) is 53.2 Å². The molecule has 122 valence electrons. The van der Waals surface area contributed by atoms with E-state index in [0.29, 0.717) is 27.6 Å². The molecule has 0 aliphatic carbocycles. The van der Waals surface area contributed by atoms with Gasteiger partial charge in [0.1, 0.15) is 0 Å². The fourth-order valence-electron chi connectivity index (χ4n) is 2.24. The van der Waals surface area contributed by atoms with E-state index in [1.54, 1.807) is 43.5 Å². The Kier molecular flexibility index (Phi) is 4.53. The van der Waals surface area contributed by atoms with Crippen LogP contribution in [-0.4, -0.2) is 26.1 Å². The van der Waals surface area contributed by atoms with E-state index >= 15 is 0 Å². The quantitative estimate of drug-likeness (QED) is 0.627. The van der Waals surface area contributed by atoms with Crippen LogP contribution in [0.4, 0.5) is 0 Å². The largest absolute Gasteiger partial charge is 0.493 e. The zero-order valence-corrected chi connectivity index (χ0v) is 13.8. The van der Waals surface area contributed by atoms with Gasteiger partial charge in [-0.05, 0) is 35.9 Å². The van der Waals surface area contributed by atoms with Crippen LogP contribution >= 0.6 is 11.6 Å². The van der Waals surface area contributed by atoms with Gasteiger partial charge in [0.05, 0.1) is 14.2 Å². The number of rotatable bonds is 4. The summed E-state index contributed by atoms with van der Waals surface area (Å²) in [4.78, 5) is 16.3. The Morgan fingerprint density at radius 3 is 2.54 bits per heavy atom. The highest BCUT2D eigenvalue weighted by molar-refractivity contribution is 6.32. The standard InChI is InChI=1S/C18H14ClNO4/c1-22-15-8-7-12(10-16(15)23-2)17-20-14(18(21)24-17)9-11-5-3-4-6-13(11)19/h3-10H,1-2H3. The molecule has 0 spiro atoms. The molecule has 1 heterocycles. The lowest BCUT2D eigenvalue weighted by Crippen LogP contribution is -2.06. The Labute approximate surface area is 144 Å². The fourth-order valence-corrected chi connectivity index (χ4v) is 2.43. The number of hydrogen-bond donors (Lipinski definition) is 0. The highest BCUT2D eigenvalue weighted by Gasteiger charge is 2.25. The lowest BCUT2D eigenvalue weighted by molar-refractivity contribution is -0.129. The predicted molar refractivity (Wildman–Crippen MR) is 91.6 cm³/mol. The molecule has 0 unspecified atom stereocenters. The number of nitrogens with zero attached hydrogens (tertiary/aromatic N) is 1. The number of cyclic esters (lactones) is 1. The molecule has 0 saturated heterocycles. The van der Waals surface area contributed by atoms with Crippen LogP contribution in [0.25, 0.3) is 6.08 Å². The summed E-state index contributed by atoms with van der Waals surface area (Å²) in [5.41, 5.74) is 1.50. The Morgan fingerprint density at radius 2 is 1.83 bits per heavy atom. The summed E-state index contributed by atoms with van der Waals surface area (Å²) in [6.07, 6.45) is 1.60. The van der Waals surface area contributed by atoms with Gasteiger partial charge in [0.2, 0.25) is 5.90 Å². The third kappa shape index (κ3) is 3.12. The smallest absolute Gasteiger partial charge is 0.363 e. The van der Waals surface area contributed by atoms with E-state index < -0.39 is 5.97 Å². The molecule has 1 aliphatic rings. The average Bonchev–Trinajstić information content (AvgIpc) is 2.97. The molecule has 3 rings (SSSR count). The zero-order valence-electron chi connectivity index (χ0n) is 13.1. The molecule has 0 N–H and O–H groups in total. The van der Waals surface area contributed by atoms with Gasteiger partial charge in [-0.15, -0.1) is 0 Å². The van der Waals surface area contributed by atoms with Gasteiger partial charge in [-0.1, -0.05) is 29.8 Å². The van der Waals surface area contributed by atoms with Crippen LogP contribution < -0.4 is 9.47 Å². The molecule has 0 aromatic heterocycles. The maximum Gasteiger partial charge on any atom is 0.363 e. The second-order valence-electron chi connectivity index (χ2n) is 4.93. The van der Waals surface area contributed by atoms with E-state index in [1.165, 1.54) is 7.11 Å². The first-order valence-corrected chi connectivity index (χ1v) is 7.49. The number of halogens is 1. The average molecular weight is 344 g/mol. The normalized spacial score (nSPS) is 15.2. The monoisotopic (exact) mass is 343 g/mol. The van der Waals surface area contributed by atoms with Crippen LogP contribution in [-0.2, 0) is 9.53 Å². The molecule has 0 radical (unpaired) electrons. The van der Waals surface area contributed by atoms with E-state index in [0.717, 1.165) is 0 Å². The summed E-state index contributed by atoms with van der Waals surface area (Å²) in [5, 5.41) is 0.535. The number of methoxy groups -OCH3 is 2. The summed E-state index contributed by atoms with van der Waals surface area (Å²) in [5.74, 6) is 0.786. The van der Waals surface area contributed by atoms with Crippen LogP contribution in [0.1, 0.15) is 11.1 Å². The van der Waals surface area contributed by atoms with Gasteiger partial charge >= 0.3 is 5.97 Å². The second kappa shape index (κ2) is 6.76. The molecule has 2 aromatic carbocycles. The fraction of sp³-hybridized carbons (Fsp3) is 0.111. The van der Waals surface area contributed by atoms with Gasteiger partial charge in [-0.2, -0.15) is 0 Å². The molecule has 0 amide bonds. The maximum atomic E-state index is 12.0. The molecule has 5 nitrogen and oxygen atoms in total. The summed E-state index contributed by atoms with van der Waals surface area (Å²) in [6, 6.07) is 12.3. The van der Waals surface area contributed by atoms with Crippen molar-refractivity contribution in [3.05, 3.63) is 64.3 Å². The summed E-state index contributed by atoms with van der Waals surface area (Å²) in [7, 11) is 3.09. The number of aliphatic imine (C=N–C) groups is 1. The first-order valence-electron chi connectivity index (χ1n) is 7.12. The minimum Gasteiger partial charge on any atom is -0.493 e. The maximum absolute atomic E-state index is 12.0. The number of ether oxygens (including phenoxy) is 3. The summed E-state index contributed by atoms with van der Waals surface area (Å²) >= 11 is 6.10. The molecule has 0 bridgehead atoms. The van der Waals surface area contributed by atoms with E-state index in [1.807, 2.05) is 12.1 Å². The van der Waals surface area contributed by atoms with Crippen LogP contribution in [0, 0.1) is 0 Å². The molecule has 6 heteroatoms. The molecular formula is C18H14ClNO4. The third-order valence-corrected chi connectivity index (χ3v) is 3.79.